The highest BCUT2D eigenvalue weighted by Gasteiger charge is 2.74. The fourth-order valence-electron chi connectivity index (χ4n) is 16.2. The monoisotopic (exact) mass is 2020 g/mol. The Bertz CT molecular complexity index is 4400. The van der Waals surface area contributed by atoms with Crippen molar-refractivity contribution in [2.24, 2.45) is 45.8 Å². The molecule has 34 unspecified atom stereocenters. The van der Waals surface area contributed by atoms with Gasteiger partial charge in [0.15, 0.2) is 114 Å². The van der Waals surface area contributed by atoms with Gasteiger partial charge < -0.3 is 123 Å². The predicted molar refractivity (Wildman–Crippen MR) is 413 cm³/mol. The quantitative estimate of drug-likeness (QED) is 0.0598. The molecule has 0 amide bonds. The van der Waals surface area contributed by atoms with Crippen molar-refractivity contribution in [3.05, 3.63) is 0 Å². The first-order valence-corrected chi connectivity index (χ1v) is 44.5. The summed E-state index contributed by atoms with van der Waals surface area (Å²) in [6.07, 6.45) is -42.3. The molecule has 16 fully saturated rings. The smallest absolute Gasteiger partial charge is 0.425 e. The third kappa shape index (κ3) is 21.9. The average Bonchev–Trinajstić information content (AvgIpc) is 1.58. The lowest BCUT2D eigenvalue weighted by Crippen LogP contribution is -2.47. The van der Waals surface area contributed by atoms with E-state index in [2.05, 4.69) is 9.47 Å². The molecule has 138 heavy (non-hydrogen) atoms. The van der Waals surface area contributed by atoms with E-state index in [0.717, 1.165) is 20.8 Å². The summed E-state index contributed by atoms with van der Waals surface area (Å²) in [5, 5.41) is 0. The van der Waals surface area contributed by atoms with Crippen molar-refractivity contribution < 1.29 is 247 Å². The second kappa shape index (κ2) is 40.5. The van der Waals surface area contributed by atoms with Crippen LogP contribution in [0, 0.1) is 45.8 Å². The number of carbonyl (C=O) groups is 14. The van der Waals surface area contributed by atoms with E-state index in [0.29, 0.717) is 52.4 Å². The van der Waals surface area contributed by atoms with Crippen LogP contribution in [0.4, 0.5) is 57.1 Å². The molecule has 16 aliphatic rings. The van der Waals surface area contributed by atoms with Crippen LogP contribution in [0.1, 0.15) is 189 Å². The van der Waals surface area contributed by atoms with Crippen molar-refractivity contribution in [1.82, 2.24) is 0 Å². The lowest BCUT2D eigenvalue weighted by molar-refractivity contribution is -0.251. The molecule has 1 spiro atoms. The van der Waals surface area contributed by atoms with Gasteiger partial charge in [-0.05, 0) is 108 Å². The second-order valence-electron chi connectivity index (χ2n) is 36.9. The van der Waals surface area contributed by atoms with Crippen LogP contribution in [-0.2, 0) is 190 Å². The Morgan fingerprint density at radius 3 is 0.891 bits per heavy atom. The molecule has 0 saturated carbocycles. The molecule has 16 aliphatic heterocycles. The van der Waals surface area contributed by atoms with Crippen molar-refractivity contribution in [2.75, 3.05) is 26.4 Å². The number of carbonyl (C=O) groups excluding carboxylic acids is 14. The van der Waals surface area contributed by atoms with Gasteiger partial charge in [-0.25, -0.2) is 28.4 Å². The number of cyclic esters (lactones) is 4. The Morgan fingerprint density at radius 2 is 0.645 bits per heavy atom. The van der Waals surface area contributed by atoms with Gasteiger partial charge in [-0.3, -0.25) is 43.2 Å². The van der Waals surface area contributed by atoms with Crippen LogP contribution in [0.5, 0.6) is 0 Å². The maximum atomic E-state index is 14.1. The molecule has 0 aromatic carbocycles. The maximum Gasteiger partial charge on any atom is 0.425 e. The van der Waals surface area contributed by atoms with Crippen molar-refractivity contribution >= 4 is 83.6 Å². The molecule has 0 bridgehead atoms. The summed E-state index contributed by atoms with van der Waals surface area (Å²) in [6.45, 7) is 25.2. The lowest BCUT2D eigenvalue weighted by Gasteiger charge is -2.30. The normalized spacial score (nSPS) is 38.0. The van der Waals surface area contributed by atoms with Crippen LogP contribution in [0.15, 0.2) is 0 Å². The fourth-order valence-corrected chi connectivity index (χ4v) is 16.2. The number of ether oxygens (including phenoxy) is 26. The fraction of sp³-hybridized carbons (Fsp3) is 0.835. The molecular weight excluding hydrogens is 1910 g/mol. The van der Waals surface area contributed by atoms with E-state index in [1.807, 2.05) is 6.92 Å². The van der Waals surface area contributed by atoms with Crippen LogP contribution in [0.25, 0.3) is 0 Å². The van der Waals surface area contributed by atoms with Crippen LogP contribution < -0.4 is 0 Å². The zero-order valence-corrected chi connectivity index (χ0v) is 77.7. The molecule has 40 nitrogen and oxygen atoms in total. The highest BCUT2D eigenvalue weighted by Crippen LogP contribution is 2.54. The van der Waals surface area contributed by atoms with Crippen molar-refractivity contribution in [3.63, 3.8) is 0 Å². The van der Waals surface area contributed by atoms with E-state index in [1.165, 1.54) is 48.5 Å². The zero-order chi connectivity index (χ0) is 103. The first-order valence-electron chi connectivity index (χ1n) is 44.5. The van der Waals surface area contributed by atoms with E-state index in [4.69, 9.17) is 114 Å². The predicted octanol–water partition coefficient (Wildman–Crippen LogP) is 7.92. The van der Waals surface area contributed by atoms with Crippen molar-refractivity contribution in [1.29, 1.82) is 0 Å². The minimum Gasteiger partial charge on any atom is -0.465 e. The largest absolute Gasteiger partial charge is 0.465 e. The van der Waals surface area contributed by atoms with Crippen molar-refractivity contribution in [3.8, 4) is 0 Å². The molecule has 16 heterocycles. The molecule has 16 rings (SSSR count). The Balaban J connectivity index is 0.000000163. The number of alkyl halides is 13. The maximum absolute atomic E-state index is 14.1. The van der Waals surface area contributed by atoms with E-state index in [1.54, 1.807) is 34.6 Å². The first-order chi connectivity index (χ1) is 63.8. The number of esters is 14. The highest BCUT2D eigenvalue weighted by atomic mass is 19.4. The van der Waals surface area contributed by atoms with Crippen molar-refractivity contribution in [2.45, 2.75) is 377 Å². The number of rotatable bonds is 21. The third-order valence-corrected chi connectivity index (χ3v) is 26.9. The van der Waals surface area contributed by atoms with Crippen LogP contribution >= 0.6 is 0 Å². The molecule has 0 aromatic rings. The summed E-state index contributed by atoms with van der Waals surface area (Å²) in [6, 6.07) is 0. The lowest BCUT2D eigenvalue weighted by atomic mass is 9.87. The van der Waals surface area contributed by atoms with Gasteiger partial charge in [0.2, 0.25) is 35.9 Å². The van der Waals surface area contributed by atoms with E-state index in [9.17, 15) is 124 Å². The Hall–Kier alpha value is -8.81. The standard InChI is InChI=1S/2C18H21F3O9.C17H21FO9.C16H20O9.2C8H13F3O2/c2*1-4-16(2,18(19,20)21)15(24)28-10-8-9(26-13(10)23)11-14(27-8)30-17(3,29-11)7-5-6-25-12(7)22;1-4-16(2,18)15(21)25-10-8-9(23-13(10)20)11-14(24-8)27-17(3,26-11)7-5-6-22-12(7)19;1-4-15(2,3)14(19)23-10-8-9(21-12(10)18)11-13(22-8)25-16(24-11)5-7(17)20-6-16;2*1-4-5(2)7(12)13-6(3)8(9,10)11/h2*7-11,14H,4-6H2,1-3H3;7-11,14H,4-6H2,1-3H3;8-11,13H,4-6H2,1-3H3;2*5-6H,4H2,1-3H3. The highest BCUT2D eigenvalue weighted by molar-refractivity contribution is 5.88. The zero-order valence-electron chi connectivity index (χ0n) is 77.7. The Morgan fingerprint density at radius 1 is 0.355 bits per heavy atom. The molecule has 0 aliphatic carbocycles. The van der Waals surface area contributed by atoms with Gasteiger partial charge in [0.05, 0.1) is 37.1 Å². The molecule has 53 heteroatoms. The SMILES string of the molecule is CCC(C)(C(=O)OC1C(=O)OC2C3OC(C)(C4CCOC4=O)OC3OC12)C(F)(F)F.CCC(C)(C(=O)OC1C(=O)OC2C3OC(C)(C4CCOC4=O)OC3OC12)C(F)(F)F.CCC(C)(C)C(=O)OC1C(=O)OC2C3OC4(COC(=O)C4)OC3OC12.CCC(C)(F)C(=O)OC1C(=O)OC2C3OC(C)(C4CCOC4=O)OC3OC12.CCC(C)C(=O)OC(C)C(F)(F)F.CCC(C)C(=O)OC(C)C(F)(F)F. The van der Waals surface area contributed by atoms with Gasteiger partial charge in [0.1, 0.15) is 55.2 Å². The number of halogens is 13. The number of hydrogen-bond acceptors (Lipinski definition) is 40. The van der Waals surface area contributed by atoms with Gasteiger partial charge in [0, 0.05) is 19.3 Å². The van der Waals surface area contributed by atoms with Crippen LogP contribution in [-0.4, -0.2) is 299 Å². The Labute approximate surface area is 778 Å². The van der Waals surface area contributed by atoms with Gasteiger partial charge in [0.25, 0.3) is 0 Å². The molecule has 0 N–H and O–H groups in total. The minimum absolute atomic E-state index is 0.0311. The summed E-state index contributed by atoms with van der Waals surface area (Å²) in [5.41, 5.74) is -8.50. The summed E-state index contributed by atoms with van der Waals surface area (Å²) in [4.78, 5) is 166. The van der Waals surface area contributed by atoms with E-state index in [-0.39, 0.29) is 39.3 Å². The van der Waals surface area contributed by atoms with Crippen LogP contribution in [0.3, 0.4) is 0 Å². The van der Waals surface area contributed by atoms with Gasteiger partial charge in [-0.2, -0.15) is 52.7 Å². The summed E-state index contributed by atoms with van der Waals surface area (Å²) in [7, 11) is 0. The summed E-state index contributed by atoms with van der Waals surface area (Å²) in [5.74, 6) is -20.0. The van der Waals surface area contributed by atoms with Crippen LogP contribution in [0.2, 0.25) is 0 Å². The minimum atomic E-state index is -4.86. The van der Waals surface area contributed by atoms with E-state index >= 15 is 0 Å². The number of fused-ring (bicyclic) bond motifs is 12. The van der Waals surface area contributed by atoms with E-state index < -0.39 is 331 Å². The Kier molecular flexibility index (Phi) is 32.2. The molecular formula is C85H109F13O40. The topological polar surface area (TPSA) is 479 Å². The number of hydrogen-bond donors (Lipinski definition) is 0. The first kappa shape index (κ1) is 110. The molecule has 0 radical (unpaired) electrons. The summed E-state index contributed by atoms with van der Waals surface area (Å²) < 4.78 is 304. The molecule has 0 aromatic heterocycles. The second-order valence-corrected chi connectivity index (χ2v) is 36.9. The van der Waals surface area contributed by atoms with Gasteiger partial charge in [-0.1, -0.05) is 55.4 Å². The average molecular weight is 2020 g/mol. The third-order valence-electron chi connectivity index (χ3n) is 26.9. The van der Waals surface area contributed by atoms with Gasteiger partial charge in [-0.15, -0.1) is 0 Å². The molecule has 16 saturated heterocycles. The summed E-state index contributed by atoms with van der Waals surface area (Å²) >= 11 is 0. The molecule has 780 valence electrons. The molecule has 34 atom stereocenters. The van der Waals surface area contributed by atoms with Gasteiger partial charge >= 0.3 is 108 Å².